The summed E-state index contributed by atoms with van der Waals surface area (Å²) in [6.45, 7) is 11.8. The van der Waals surface area contributed by atoms with E-state index < -0.39 is 28.3 Å². The highest BCUT2D eigenvalue weighted by Gasteiger charge is 2.34. The van der Waals surface area contributed by atoms with Crippen molar-refractivity contribution in [2.24, 2.45) is 0 Å². The van der Waals surface area contributed by atoms with Crippen LogP contribution in [0.25, 0.3) is 11.1 Å². The summed E-state index contributed by atoms with van der Waals surface area (Å²) in [5.74, 6) is -0.0611. The van der Waals surface area contributed by atoms with Crippen molar-refractivity contribution in [2.75, 3.05) is 4.90 Å². The van der Waals surface area contributed by atoms with Gasteiger partial charge >= 0.3 is 12.2 Å². The Hall–Kier alpha value is -3.56. The second-order valence-corrected chi connectivity index (χ2v) is 9.00. The van der Waals surface area contributed by atoms with Crippen LogP contribution in [0.4, 0.5) is 21.1 Å². The fraction of sp³-hybridized carbons (Fsp3) is 0.455. The molecular weight excluding hydrogens is 416 g/mol. The van der Waals surface area contributed by atoms with E-state index in [4.69, 9.17) is 9.47 Å². The van der Waals surface area contributed by atoms with Gasteiger partial charge in [0.25, 0.3) is 5.69 Å². The third kappa shape index (κ3) is 6.47. The number of ether oxygens (including phenoxy) is 2. The molecule has 0 atom stereocenters. The summed E-state index contributed by atoms with van der Waals surface area (Å²) in [5, 5.41) is 11.5. The van der Waals surface area contributed by atoms with E-state index in [0.29, 0.717) is 22.6 Å². The van der Waals surface area contributed by atoms with E-state index in [1.807, 2.05) is 6.92 Å². The number of anilines is 1. The van der Waals surface area contributed by atoms with E-state index in [1.54, 1.807) is 47.6 Å². The number of aryl methyl sites for hydroxylation is 1. The Bertz CT molecular complexity index is 996. The number of rotatable bonds is 4. The van der Waals surface area contributed by atoms with Crippen LogP contribution in [-0.4, -0.2) is 38.3 Å². The van der Waals surface area contributed by atoms with Gasteiger partial charge in [-0.2, -0.15) is 4.90 Å². The first kappa shape index (κ1) is 24.7. The molecule has 0 aliphatic carbocycles. The number of hydrogen-bond donors (Lipinski definition) is 0. The molecule has 0 bridgehead atoms. The fourth-order valence-electron chi connectivity index (χ4n) is 2.68. The van der Waals surface area contributed by atoms with Crippen LogP contribution in [0.3, 0.4) is 0 Å². The Morgan fingerprint density at radius 2 is 1.62 bits per heavy atom. The number of carbonyl (C=O) groups is 2. The Morgan fingerprint density at radius 1 is 1.06 bits per heavy atom. The molecule has 0 fully saturated rings. The number of imide groups is 1. The number of aromatic nitrogens is 2. The predicted octanol–water partition coefficient (Wildman–Crippen LogP) is 5.29. The number of nitro groups is 1. The van der Waals surface area contributed by atoms with Gasteiger partial charge in [0.1, 0.15) is 23.2 Å². The lowest BCUT2D eigenvalue weighted by Crippen LogP contribution is -2.44. The lowest BCUT2D eigenvalue weighted by molar-refractivity contribution is -0.384. The molecule has 172 valence electrons. The molecule has 0 saturated carbocycles. The van der Waals surface area contributed by atoms with E-state index in [9.17, 15) is 19.7 Å². The average Bonchev–Trinajstić information content (AvgIpc) is 2.64. The molecule has 0 unspecified atom stereocenters. The standard InChI is InChI=1S/C22H28N4O6/c1-8-15-11-14(16-9-10-23-13-17(16)26(29)30)12-18(24-15)25(19(27)31-21(2,3)4)20(28)32-22(5,6)7/h9-13H,8H2,1-7H3. The van der Waals surface area contributed by atoms with Gasteiger partial charge in [-0.3, -0.25) is 15.1 Å². The van der Waals surface area contributed by atoms with E-state index >= 15 is 0 Å². The van der Waals surface area contributed by atoms with Crippen LogP contribution in [0.2, 0.25) is 0 Å². The fourth-order valence-corrected chi connectivity index (χ4v) is 2.68. The minimum Gasteiger partial charge on any atom is -0.443 e. The van der Waals surface area contributed by atoms with Crippen molar-refractivity contribution in [2.45, 2.75) is 66.1 Å². The van der Waals surface area contributed by atoms with E-state index in [0.717, 1.165) is 6.20 Å². The number of amides is 2. The Labute approximate surface area is 186 Å². The topological polar surface area (TPSA) is 125 Å². The molecule has 0 aliphatic heterocycles. The molecule has 0 aliphatic rings. The first-order valence-electron chi connectivity index (χ1n) is 10.1. The van der Waals surface area contributed by atoms with Crippen molar-refractivity contribution < 1.29 is 24.0 Å². The van der Waals surface area contributed by atoms with Gasteiger partial charge in [-0.1, -0.05) is 6.92 Å². The second kappa shape index (κ2) is 9.29. The minimum absolute atomic E-state index is 0.0611. The lowest BCUT2D eigenvalue weighted by Gasteiger charge is -2.28. The number of hydrogen-bond acceptors (Lipinski definition) is 8. The largest absolute Gasteiger partial charge is 0.443 e. The van der Waals surface area contributed by atoms with Crippen LogP contribution in [0.1, 0.15) is 54.2 Å². The van der Waals surface area contributed by atoms with Gasteiger partial charge in [0.15, 0.2) is 0 Å². The smallest absolute Gasteiger partial charge is 0.425 e. The van der Waals surface area contributed by atoms with Gasteiger partial charge in [-0.05, 0) is 71.7 Å². The van der Waals surface area contributed by atoms with Gasteiger partial charge in [-0.25, -0.2) is 14.6 Å². The summed E-state index contributed by atoms with van der Waals surface area (Å²) in [4.78, 5) is 45.8. The van der Waals surface area contributed by atoms with Crippen molar-refractivity contribution in [3.05, 3.63) is 46.4 Å². The van der Waals surface area contributed by atoms with Gasteiger partial charge < -0.3 is 9.47 Å². The quantitative estimate of drug-likeness (QED) is 0.460. The summed E-state index contributed by atoms with van der Waals surface area (Å²) in [6.07, 6.45) is 1.08. The van der Waals surface area contributed by atoms with Crippen molar-refractivity contribution in [1.29, 1.82) is 0 Å². The summed E-state index contributed by atoms with van der Waals surface area (Å²) in [7, 11) is 0. The molecule has 0 saturated heterocycles. The van der Waals surface area contributed by atoms with Crippen LogP contribution in [0, 0.1) is 10.1 Å². The summed E-state index contributed by atoms with van der Waals surface area (Å²) < 4.78 is 10.8. The Morgan fingerprint density at radius 3 is 2.09 bits per heavy atom. The van der Waals surface area contributed by atoms with E-state index in [1.165, 1.54) is 18.3 Å². The maximum Gasteiger partial charge on any atom is 0.425 e. The summed E-state index contributed by atoms with van der Waals surface area (Å²) >= 11 is 0. The number of carbonyl (C=O) groups excluding carboxylic acids is 2. The molecule has 32 heavy (non-hydrogen) atoms. The Balaban J connectivity index is 2.68. The van der Waals surface area contributed by atoms with Crippen LogP contribution in [0.5, 0.6) is 0 Å². The maximum atomic E-state index is 13.0. The summed E-state index contributed by atoms with van der Waals surface area (Å²) in [6, 6.07) is 4.56. The zero-order valence-electron chi connectivity index (χ0n) is 19.3. The second-order valence-electron chi connectivity index (χ2n) is 9.00. The van der Waals surface area contributed by atoms with Crippen LogP contribution in [-0.2, 0) is 15.9 Å². The number of pyridine rings is 2. The van der Waals surface area contributed by atoms with Crippen molar-refractivity contribution >= 4 is 23.7 Å². The van der Waals surface area contributed by atoms with Gasteiger partial charge in [0.2, 0.25) is 0 Å². The molecule has 10 heteroatoms. The highest BCUT2D eigenvalue weighted by molar-refractivity contribution is 6.09. The molecule has 2 aromatic rings. The molecular formula is C22H28N4O6. The highest BCUT2D eigenvalue weighted by Crippen LogP contribution is 2.32. The molecule has 0 N–H and O–H groups in total. The summed E-state index contributed by atoms with van der Waals surface area (Å²) in [5.41, 5.74) is -0.790. The normalized spacial score (nSPS) is 11.6. The van der Waals surface area contributed by atoms with Crippen LogP contribution in [0.15, 0.2) is 30.6 Å². The Kier molecular flexibility index (Phi) is 7.17. The van der Waals surface area contributed by atoms with E-state index in [-0.39, 0.29) is 17.1 Å². The number of nitrogens with zero attached hydrogens (tertiary/aromatic N) is 4. The molecule has 2 aromatic heterocycles. The van der Waals surface area contributed by atoms with Gasteiger partial charge in [0.05, 0.1) is 10.5 Å². The molecule has 0 radical (unpaired) electrons. The SMILES string of the molecule is CCc1cc(-c2ccncc2[N+](=O)[O-])cc(N(C(=O)OC(C)(C)C)C(=O)OC(C)(C)C)n1. The van der Waals surface area contributed by atoms with E-state index in [2.05, 4.69) is 9.97 Å². The monoisotopic (exact) mass is 444 g/mol. The third-order valence-corrected chi connectivity index (χ3v) is 3.92. The lowest BCUT2D eigenvalue weighted by atomic mass is 10.0. The molecule has 2 rings (SSSR count). The molecule has 2 heterocycles. The minimum atomic E-state index is -0.970. The zero-order chi connectivity index (χ0) is 24.3. The first-order chi connectivity index (χ1) is 14.7. The van der Waals surface area contributed by atoms with Crippen molar-refractivity contribution in [3.63, 3.8) is 0 Å². The van der Waals surface area contributed by atoms with Gasteiger partial charge in [0, 0.05) is 11.9 Å². The predicted molar refractivity (Wildman–Crippen MR) is 118 cm³/mol. The zero-order valence-corrected chi connectivity index (χ0v) is 19.3. The molecule has 0 aromatic carbocycles. The van der Waals surface area contributed by atoms with Crippen molar-refractivity contribution in [3.8, 4) is 11.1 Å². The maximum absolute atomic E-state index is 13.0. The molecule has 10 nitrogen and oxygen atoms in total. The van der Waals surface area contributed by atoms with Crippen LogP contribution >= 0.6 is 0 Å². The molecule has 0 spiro atoms. The van der Waals surface area contributed by atoms with Crippen LogP contribution < -0.4 is 4.90 Å². The third-order valence-electron chi connectivity index (χ3n) is 3.92. The first-order valence-corrected chi connectivity index (χ1v) is 10.1. The highest BCUT2D eigenvalue weighted by atomic mass is 16.6. The van der Waals surface area contributed by atoms with Gasteiger partial charge in [-0.15, -0.1) is 0 Å². The average molecular weight is 444 g/mol. The molecule has 2 amide bonds. The van der Waals surface area contributed by atoms with Crippen molar-refractivity contribution in [1.82, 2.24) is 9.97 Å².